The van der Waals surface area contributed by atoms with E-state index in [1.165, 1.54) is 65.2 Å². The van der Waals surface area contributed by atoms with Gasteiger partial charge in [0.1, 0.15) is 11.5 Å². The van der Waals surface area contributed by atoms with Crippen molar-refractivity contribution in [3.05, 3.63) is 363 Å². The smallest absolute Gasteiger partial charge is 0.256 e. The SMILES string of the molecule is CC(C)(C)c1ccc(-c2cc3c4c(c2)N(c2ccccc2-c2ccccc2)c2cc(-c5cccc(-n6c7ccccc7c7ccccc76)c5-n5c6ccccc6c6ccccc65)ccc2B4c2ccc(-c4cccc(-n5c6ccccc6c6ccccc65)c4-n4c5ccccc5c5ccccc54)cc2O3)c(C(C)(C)C)c1. The highest BCUT2D eigenvalue weighted by Gasteiger charge is 2.44. The second-order valence-electron chi connectivity index (χ2n) is 32.3. The predicted octanol–water partition coefficient (Wildman–Crippen LogP) is 25.7. The first kappa shape index (κ1) is 64.6. The van der Waals surface area contributed by atoms with Crippen LogP contribution in [0.15, 0.2) is 352 Å². The van der Waals surface area contributed by atoms with Crippen LogP contribution < -0.4 is 26.0 Å². The van der Waals surface area contributed by atoms with Crippen LogP contribution in [0.4, 0.5) is 17.1 Å². The van der Waals surface area contributed by atoms with Gasteiger partial charge in [0.25, 0.3) is 6.71 Å². The Morgan fingerprint density at radius 1 is 0.243 bits per heavy atom. The Balaban J connectivity index is 0.836. The fourth-order valence-corrected chi connectivity index (χ4v) is 19.0. The third-order valence-corrected chi connectivity index (χ3v) is 23.9. The van der Waals surface area contributed by atoms with Crippen LogP contribution in [0.5, 0.6) is 11.5 Å². The molecule has 0 unspecified atom stereocenters. The normalized spacial score (nSPS) is 12.8. The number of hydrogen-bond acceptors (Lipinski definition) is 2. The van der Waals surface area contributed by atoms with Crippen molar-refractivity contribution >= 4 is 127 Å². The quantitative estimate of drug-likeness (QED) is 0.135. The molecule has 6 heterocycles. The fourth-order valence-electron chi connectivity index (χ4n) is 19.0. The molecule has 111 heavy (non-hydrogen) atoms. The Labute approximate surface area is 645 Å². The van der Waals surface area contributed by atoms with Crippen molar-refractivity contribution in [1.82, 2.24) is 18.3 Å². The van der Waals surface area contributed by atoms with E-state index >= 15 is 0 Å². The molecule has 0 spiro atoms. The molecule has 16 aromatic carbocycles. The van der Waals surface area contributed by atoms with E-state index in [2.05, 4.69) is 417 Å². The maximum Gasteiger partial charge on any atom is 0.256 e. The molecule has 0 N–H and O–H groups in total. The average molecular weight is 1420 g/mol. The summed E-state index contributed by atoms with van der Waals surface area (Å²) in [5.74, 6) is 1.66. The van der Waals surface area contributed by atoms with E-state index in [0.29, 0.717) is 0 Å². The molecule has 2 aliphatic rings. The van der Waals surface area contributed by atoms with Gasteiger partial charge in [-0.3, -0.25) is 0 Å². The average Bonchev–Trinajstić information content (AvgIpc) is 1.45. The monoisotopic (exact) mass is 1420 g/mol. The van der Waals surface area contributed by atoms with E-state index in [-0.39, 0.29) is 17.5 Å². The molecule has 4 aromatic heterocycles. The zero-order chi connectivity index (χ0) is 74.1. The molecule has 0 radical (unpaired) electrons. The van der Waals surface area contributed by atoms with Crippen molar-refractivity contribution in [2.75, 3.05) is 4.90 Å². The lowest BCUT2D eigenvalue weighted by Crippen LogP contribution is -2.59. The van der Waals surface area contributed by atoms with Crippen LogP contribution >= 0.6 is 0 Å². The van der Waals surface area contributed by atoms with Gasteiger partial charge in [-0.1, -0.05) is 302 Å². The topological polar surface area (TPSA) is 32.2 Å². The van der Waals surface area contributed by atoms with Crippen molar-refractivity contribution in [1.29, 1.82) is 0 Å². The van der Waals surface area contributed by atoms with Crippen molar-refractivity contribution in [3.8, 4) is 78.8 Å². The number of rotatable bonds is 9. The maximum atomic E-state index is 7.94. The lowest BCUT2D eigenvalue weighted by molar-refractivity contribution is 0.488. The van der Waals surface area contributed by atoms with Gasteiger partial charge in [0.05, 0.1) is 72.6 Å². The molecule has 526 valence electrons. The number of anilines is 3. The highest BCUT2D eigenvalue weighted by Crippen LogP contribution is 2.52. The molecular formula is C104H76BN5O. The van der Waals surface area contributed by atoms with Crippen LogP contribution in [0.25, 0.3) is 154 Å². The zero-order valence-electron chi connectivity index (χ0n) is 62.7. The Morgan fingerprint density at radius 2 is 0.622 bits per heavy atom. The minimum absolute atomic E-state index is 0.0771. The summed E-state index contributed by atoms with van der Waals surface area (Å²) in [5, 5.41) is 9.67. The Kier molecular flexibility index (Phi) is 14.2. The Bertz CT molecular complexity index is 7080. The van der Waals surface area contributed by atoms with E-state index in [4.69, 9.17) is 4.74 Å². The van der Waals surface area contributed by atoms with E-state index < -0.39 is 0 Å². The molecule has 0 aliphatic carbocycles. The summed E-state index contributed by atoms with van der Waals surface area (Å²) in [6, 6.07) is 132. The molecule has 20 aromatic rings. The summed E-state index contributed by atoms with van der Waals surface area (Å²) in [6.07, 6.45) is 0. The summed E-state index contributed by atoms with van der Waals surface area (Å²) in [4.78, 5) is 2.60. The molecular weight excluding hydrogens is 1350 g/mol. The minimum Gasteiger partial charge on any atom is -0.458 e. The molecule has 0 saturated heterocycles. The summed E-state index contributed by atoms with van der Waals surface area (Å²) in [6.45, 7) is 13.8. The second-order valence-corrected chi connectivity index (χ2v) is 32.3. The van der Waals surface area contributed by atoms with E-state index in [9.17, 15) is 0 Å². The fraction of sp³-hybridized carbons (Fsp3) is 0.0769. The van der Waals surface area contributed by atoms with Gasteiger partial charge in [-0.2, -0.15) is 0 Å². The van der Waals surface area contributed by atoms with Crippen molar-refractivity contribution in [3.63, 3.8) is 0 Å². The van der Waals surface area contributed by atoms with Crippen molar-refractivity contribution in [2.24, 2.45) is 0 Å². The molecule has 0 amide bonds. The molecule has 22 rings (SSSR count). The minimum atomic E-state index is -0.266. The second kappa shape index (κ2) is 24.4. The van der Waals surface area contributed by atoms with E-state index in [0.717, 1.165) is 145 Å². The van der Waals surface area contributed by atoms with Gasteiger partial charge in [0.2, 0.25) is 0 Å². The van der Waals surface area contributed by atoms with E-state index in [1.54, 1.807) is 0 Å². The first-order valence-electron chi connectivity index (χ1n) is 38.8. The number of benzene rings is 16. The molecule has 0 atom stereocenters. The first-order chi connectivity index (χ1) is 54.4. The number of hydrogen-bond donors (Lipinski definition) is 0. The number of fused-ring (bicyclic) bond motifs is 16. The molecule has 0 fully saturated rings. The highest BCUT2D eigenvalue weighted by molar-refractivity contribution is 6.99. The summed E-state index contributed by atoms with van der Waals surface area (Å²) < 4.78 is 18.0. The molecule has 0 saturated carbocycles. The molecule has 6 nitrogen and oxygen atoms in total. The highest BCUT2D eigenvalue weighted by atomic mass is 16.5. The van der Waals surface area contributed by atoms with Crippen LogP contribution in [-0.2, 0) is 10.8 Å². The number of ether oxygens (including phenoxy) is 1. The van der Waals surface area contributed by atoms with Crippen LogP contribution in [-0.4, -0.2) is 25.0 Å². The number of para-hydroxylation sites is 11. The largest absolute Gasteiger partial charge is 0.458 e. The van der Waals surface area contributed by atoms with Gasteiger partial charge in [0.15, 0.2) is 0 Å². The summed E-state index contributed by atoms with van der Waals surface area (Å²) in [7, 11) is 0. The summed E-state index contributed by atoms with van der Waals surface area (Å²) >= 11 is 0. The molecule has 2 aliphatic heterocycles. The van der Waals surface area contributed by atoms with Gasteiger partial charge < -0.3 is 27.9 Å². The third-order valence-electron chi connectivity index (χ3n) is 23.9. The standard InChI is InChI=1S/C104H76BN5O/c1-103(2,3)69-56-57-70(82(64-69)104(4,5)6)68-61-97-100-99(63-68)111-98-62-67(73-42-29-53-95(107-88-46-22-13-35-76(88)77-36-14-23-47-89(77)107)102(73)110-92-50-26-17-39-80(92)81-40-18-27-51-93(81)110)55-59-84(98)105(100)83-58-54-66(60-96(83)108(97)85-43-19-10-32-71(85)65-30-8-7-9-31-65)72-41-28-52-94(106-86-44-20-11-33-74(86)75-34-12-21-45-87(75)106)101(72)109-90-48-24-15-37-78(90)79-38-16-25-49-91(79)109/h7-64H,1-6H3. The zero-order valence-corrected chi connectivity index (χ0v) is 62.7. The van der Waals surface area contributed by atoms with Crippen LogP contribution in [0.3, 0.4) is 0 Å². The van der Waals surface area contributed by atoms with Crippen LogP contribution in [0, 0.1) is 0 Å². The lowest BCUT2D eigenvalue weighted by Gasteiger charge is -2.41. The van der Waals surface area contributed by atoms with Gasteiger partial charge in [-0.25, -0.2) is 0 Å². The Hall–Kier alpha value is -13.6. The maximum absolute atomic E-state index is 7.94. The van der Waals surface area contributed by atoms with Crippen molar-refractivity contribution in [2.45, 2.75) is 52.4 Å². The van der Waals surface area contributed by atoms with Gasteiger partial charge in [-0.15, -0.1) is 0 Å². The molecule has 0 bridgehead atoms. The first-order valence-corrected chi connectivity index (χ1v) is 38.8. The summed E-state index contributed by atoms with van der Waals surface area (Å²) in [5.41, 5.74) is 31.3. The lowest BCUT2D eigenvalue weighted by atomic mass is 9.34. The van der Waals surface area contributed by atoms with Gasteiger partial charge in [-0.05, 0) is 157 Å². The van der Waals surface area contributed by atoms with Crippen LogP contribution in [0.2, 0.25) is 0 Å². The van der Waals surface area contributed by atoms with Gasteiger partial charge in [0, 0.05) is 71.2 Å². The predicted molar refractivity (Wildman–Crippen MR) is 469 cm³/mol. The van der Waals surface area contributed by atoms with Gasteiger partial charge >= 0.3 is 0 Å². The van der Waals surface area contributed by atoms with Crippen molar-refractivity contribution < 1.29 is 4.74 Å². The number of aromatic nitrogens is 4. The Morgan fingerprint density at radius 3 is 1.08 bits per heavy atom. The van der Waals surface area contributed by atoms with E-state index in [1.807, 2.05) is 0 Å². The van der Waals surface area contributed by atoms with Crippen LogP contribution in [0.1, 0.15) is 52.7 Å². The third kappa shape index (κ3) is 9.77. The molecule has 7 heteroatoms. The number of nitrogens with zero attached hydrogens (tertiary/aromatic N) is 5.